The Kier molecular flexibility index (Phi) is 6.86. The number of imide groups is 1. The summed E-state index contributed by atoms with van der Waals surface area (Å²) >= 11 is 5.95. The van der Waals surface area contributed by atoms with Gasteiger partial charge in [-0.1, -0.05) is 11.6 Å². The summed E-state index contributed by atoms with van der Waals surface area (Å²) in [6.45, 7) is 0.835. The third kappa shape index (κ3) is 4.99. The number of carbonyl (C=O) groups excluding carboxylic acids is 3. The second-order valence-corrected chi connectivity index (χ2v) is 7.27. The van der Waals surface area contributed by atoms with E-state index in [0.29, 0.717) is 0 Å². The van der Waals surface area contributed by atoms with Gasteiger partial charge in [-0.05, 0) is 31.2 Å². The number of urea groups is 1. The highest BCUT2D eigenvalue weighted by Crippen LogP contribution is 2.37. The molecule has 1 fully saturated rings. The van der Waals surface area contributed by atoms with Gasteiger partial charge in [0.2, 0.25) is 11.5 Å². The number of carbonyl (C=O) groups is 4. The maximum atomic E-state index is 12.8. The number of hydrogen-bond donors (Lipinski definition) is 2. The maximum Gasteiger partial charge on any atom is 0.373 e. The molecule has 0 spiro atoms. The second-order valence-electron chi connectivity index (χ2n) is 6.84. The Labute approximate surface area is 195 Å². The maximum absolute atomic E-state index is 12.8. The largest absolute Gasteiger partial charge is 0.479 e. The van der Waals surface area contributed by atoms with Crippen molar-refractivity contribution in [3.05, 3.63) is 62.2 Å². The standard InChI is InChI=1S/C20H16ClN3O10/c1-9(18(26)27)33-16-10(5-11(21)7-14(16)24(30)31)6-13-17(25)23(20(29)22-13)8-12-3-4-15(34-12)19(28)32-2/h3-7,9H,8H2,1-2H3,(H,22,29)(H,26,27)/b13-6-/t9-/m0/s1. The van der Waals surface area contributed by atoms with Gasteiger partial charge in [0.15, 0.2) is 6.10 Å². The lowest BCUT2D eigenvalue weighted by Crippen LogP contribution is -2.30. The molecule has 2 heterocycles. The highest BCUT2D eigenvalue weighted by molar-refractivity contribution is 6.31. The molecule has 0 unspecified atom stereocenters. The molecule has 1 aromatic heterocycles. The number of ether oxygens (including phenoxy) is 2. The summed E-state index contributed by atoms with van der Waals surface area (Å²) in [7, 11) is 1.16. The van der Waals surface area contributed by atoms with E-state index in [1.54, 1.807) is 0 Å². The number of carboxylic acids is 1. The van der Waals surface area contributed by atoms with Crippen molar-refractivity contribution in [2.45, 2.75) is 19.6 Å². The topological polar surface area (TPSA) is 179 Å². The summed E-state index contributed by atoms with van der Waals surface area (Å²) in [5.41, 5.74) is -1.02. The Morgan fingerprint density at radius 1 is 1.35 bits per heavy atom. The molecule has 0 saturated carbocycles. The summed E-state index contributed by atoms with van der Waals surface area (Å²) in [6, 6.07) is 4.04. The average molecular weight is 494 g/mol. The second kappa shape index (κ2) is 9.62. The molecule has 34 heavy (non-hydrogen) atoms. The molecular formula is C20H16ClN3O10. The van der Waals surface area contributed by atoms with E-state index in [4.69, 9.17) is 25.9 Å². The first kappa shape index (κ1) is 24.3. The Bertz CT molecular complexity index is 1240. The van der Waals surface area contributed by atoms with Crippen LogP contribution in [0.5, 0.6) is 5.75 Å². The minimum absolute atomic E-state index is 0.0894. The van der Waals surface area contributed by atoms with Gasteiger partial charge in [0, 0.05) is 16.7 Å². The number of nitro groups is 1. The van der Waals surface area contributed by atoms with E-state index < -0.39 is 46.3 Å². The van der Waals surface area contributed by atoms with Crippen LogP contribution in [0.25, 0.3) is 6.08 Å². The van der Waals surface area contributed by atoms with E-state index in [1.165, 1.54) is 18.2 Å². The molecule has 2 aromatic rings. The first-order chi connectivity index (χ1) is 16.0. The van der Waals surface area contributed by atoms with Crippen LogP contribution in [-0.2, 0) is 20.9 Å². The predicted octanol–water partition coefficient (Wildman–Crippen LogP) is 2.57. The number of nitrogens with zero attached hydrogens (tertiary/aromatic N) is 2. The predicted molar refractivity (Wildman–Crippen MR) is 113 cm³/mol. The Hall–Kier alpha value is -4.39. The third-order valence-corrected chi connectivity index (χ3v) is 4.74. The van der Waals surface area contributed by atoms with Crippen LogP contribution in [0.1, 0.15) is 28.8 Å². The van der Waals surface area contributed by atoms with Gasteiger partial charge in [-0.15, -0.1) is 0 Å². The van der Waals surface area contributed by atoms with Crippen molar-refractivity contribution in [2.24, 2.45) is 0 Å². The van der Waals surface area contributed by atoms with Crippen LogP contribution in [0.2, 0.25) is 5.02 Å². The molecule has 1 aliphatic rings. The zero-order chi connectivity index (χ0) is 25.2. The number of furan rings is 1. The summed E-state index contributed by atoms with van der Waals surface area (Å²) < 4.78 is 15.0. The first-order valence-corrected chi connectivity index (χ1v) is 9.78. The number of amides is 3. The lowest BCUT2D eigenvalue weighted by Gasteiger charge is -2.14. The number of esters is 1. The third-order valence-electron chi connectivity index (χ3n) is 4.53. The van der Waals surface area contributed by atoms with Gasteiger partial charge in [-0.2, -0.15) is 0 Å². The van der Waals surface area contributed by atoms with E-state index in [2.05, 4.69) is 10.1 Å². The van der Waals surface area contributed by atoms with Crippen molar-refractivity contribution in [3.8, 4) is 5.75 Å². The molecular weight excluding hydrogens is 478 g/mol. The van der Waals surface area contributed by atoms with Gasteiger partial charge < -0.3 is 24.3 Å². The smallest absolute Gasteiger partial charge is 0.373 e. The van der Waals surface area contributed by atoms with E-state index in [1.807, 2.05) is 0 Å². The molecule has 0 aliphatic carbocycles. The van der Waals surface area contributed by atoms with Crippen molar-refractivity contribution in [3.63, 3.8) is 0 Å². The van der Waals surface area contributed by atoms with Crippen LogP contribution >= 0.6 is 11.6 Å². The Morgan fingerprint density at radius 3 is 2.68 bits per heavy atom. The number of aliphatic carboxylic acids is 1. The molecule has 0 radical (unpaired) electrons. The van der Waals surface area contributed by atoms with Gasteiger partial charge in [0.25, 0.3) is 5.91 Å². The summed E-state index contributed by atoms with van der Waals surface area (Å²) in [5, 5.41) is 22.8. The van der Waals surface area contributed by atoms with Crippen molar-refractivity contribution >= 4 is 47.2 Å². The minimum atomic E-state index is -1.47. The van der Waals surface area contributed by atoms with E-state index in [-0.39, 0.29) is 34.3 Å². The molecule has 2 N–H and O–H groups in total. The van der Waals surface area contributed by atoms with Gasteiger partial charge >= 0.3 is 23.7 Å². The SMILES string of the molecule is COC(=O)c1ccc(CN2C(=O)N/C(=C\c3cc(Cl)cc([N+](=O)[O-])c3O[C@@H](C)C(=O)O)C2=O)o1. The summed E-state index contributed by atoms with van der Waals surface area (Å²) in [6.07, 6.45) is -0.393. The molecule has 3 amide bonds. The molecule has 3 rings (SSSR count). The first-order valence-electron chi connectivity index (χ1n) is 9.40. The summed E-state index contributed by atoms with van der Waals surface area (Å²) in [4.78, 5) is 59.3. The molecule has 1 aromatic carbocycles. The zero-order valence-electron chi connectivity index (χ0n) is 17.6. The van der Waals surface area contributed by atoms with Crippen LogP contribution in [-0.4, -0.2) is 52.0 Å². The lowest BCUT2D eigenvalue weighted by molar-refractivity contribution is -0.386. The fraction of sp³-hybridized carbons (Fsp3) is 0.200. The Balaban J connectivity index is 1.95. The number of hydrogen-bond acceptors (Lipinski definition) is 9. The lowest BCUT2D eigenvalue weighted by atomic mass is 10.1. The average Bonchev–Trinajstić information content (AvgIpc) is 3.35. The Morgan fingerprint density at radius 2 is 2.06 bits per heavy atom. The summed E-state index contributed by atoms with van der Waals surface area (Å²) in [5.74, 6) is -3.41. The van der Waals surface area contributed by atoms with Crippen LogP contribution in [0, 0.1) is 10.1 Å². The fourth-order valence-corrected chi connectivity index (χ4v) is 3.12. The number of carboxylic acid groups (broad SMARTS) is 1. The minimum Gasteiger partial charge on any atom is -0.479 e. The van der Waals surface area contributed by atoms with E-state index in [9.17, 15) is 29.3 Å². The van der Waals surface area contributed by atoms with Crippen LogP contribution in [0.4, 0.5) is 10.5 Å². The number of nitrogens with one attached hydrogen (secondary N) is 1. The van der Waals surface area contributed by atoms with Crippen molar-refractivity contribution in [1.82, 2.24) is 10.2 Å². The molecule has 13 nitrogen and oxygen atoms in total. The van der Waals surface area contributed by atoms with Gasteiger partial charge in [0.05, 0.1) is 18.6 Å². The van der Waals surface area contributed by atoms with Crippen LogP contribution in [0.3, 0.4) is 0 Å². The molecule has 178 valence electrons. The van der Waals surface area contributed by atoms with Crippen LogP contribution < -0.4 is 10.1 Å². The normalized spacial score (nSPS) is 15.3. The number of methoxy groups -OCH3 is 1. The van der Waals surface area contributed by atoms with Gasteiger partial charge in [0.1, 0.15) is 11.5 Å². The molecule has 14 heteroatoms. The van der Waals surface area contributed by atoms with Gasteiger partial charge in [-0.25, -0.2) is 14.4 Å². The zero-order valence-corrected chi connectivity index (χ0v) is 18.3. The molecule has 1 atom stereocenters. The van der Waals surface area contributed by atoms with Crippen LogP contribution in [0.15, 0.2) is 34.4 Å². The highest BCUT2D eigenvalue weighted by atomic mass is 35.5. The van der Waals surface area contributed by atoms with Gasteiger partial charge in [-0.3, -0.25) is 19.8 Å². The molecule has 0 bridgehead atoms. The number of benzene rings is 1. The number of nitro benzene ring substituents is 1. The quantitative estimate of drug-likeness (QED) is 0.182. The van der Waals surface area contributed by atoms with Crippen molar-refractivity contribution in [2.75, 3.05) is 7.11 Å². The highest BCUT2D eigenvalue weighted by Gasteiger charge is 2.35. The number of halogens is 1. The van der Waals surface area contributed by atoms with E-state index >= 15 is 0 Å². The number of rotatable bonds is 8. The molecule has 1 saturated heterocycles. The fourth-order valence-electron chi connectivity index (χ4n) is 2.90. The van der Waals surface area contributed by atoms with Crippen molar-refractivity contribution < 1.29 is 43.1 Å². The van der Waals surface area contributed by atoms with Crippen molar-refractivity contribution in [1.29, 1.82) is 0 Å². The molecule has 1 aliphatic heterocycles. The monoisotopic (exact) mass is 493 g/mol. The van der Waals surface area contributed by atoms with E-state index in [0.717, 1.165) is 31.1 Å².